The molecule has 3 N–H and O–H groups in total. The van der Waals surface area contributed by atoms with Crippen LogP contribution in [0.1, 0.15) is 19.3 Å². The summed E-state index contributed by atoms with van der Waals surface area (Å²) >= 11 is 0. The molecule has 12 heavy (non-hydrogen) atoms. The topological polar surface area (TPSA) is 47.3 Å². The lowest BCUT2D eigenvalue weighted by Crippen LogP contribution is -2.30. The van der Waals surface area contributed by atoms with Gasteiger partial charge in [0.05, 0.1) is 0 Å². The van der Waals surface area contributed by atoms with Crippen molar-refractivity contribution in [2.75, 3.05) is 33.4 Å². The first kappa shape index (κ1) is 9.96. The van der Waals surface area contributed by atoms with Gasteiger partial charge < -0.3 is 15.8 Å². The molecule has 0 saturated heterocycles. The molecule has 3 nitrogen and oxygen atoms in total. The highest BCUT2D eigenvalue weighted by molar-refractivity contribution is 4.95. The van der Waals surface area contributed by atoms with Crippen LogP contribution in [0.2, 0.25) is 0 Å². The van der Waals surface area contributed by atoms with Crippen LogP contribution in [0.15, 0.2) is 0 Å². The molecule has 0 unspecified atom stereocenters. The Bertz CT molecular complexity index is 124. The summed E-state index contributed by atoms with van der Waals surface area (Å²) in [6.07, 6.45) is 3.71. The molecule has 0 amide bonds. The first-order chi connectivity index (χ1) is 5.83. The molecular formula is C9H20N2O. The zero-order chi connectivity index (χ0) is 8.86. The fraction of sp³-hybridized carbons (Fsp3) is 1.00. The van der Waals surface area contributed by atoms with Crippen molar-refractivity contribution in [2.24, 2.45) is 11.1 Å². The van der Waals surface area contributed by atoms with Gasteiger partial charge in [0, 0.05) is 20.3 Å². The van der Waals surface area contributed by atoms with Crippen LogP contribution in [0.3, 0.4) is 0 Å². The average molecular weight is 172 g/mol. The second-order valence-electron chi connectivity index (χ2n) is 3.73. The Morgan fingerprint density at radius 3 is 2.75 bits per heavy atom. The van der Waals surface area contributed by atoms with Gasteiger partial charge in [0.2, 0.25) is 0 Å². The zero-order valence-electron chi connectivity index (χ0n) is 7.94. The molecular weight excluding hydrogens is 152 g/mol. The fourth-order valence-electron chi connectivity index (χ4n) is 1.32. The predicted octanol–water partition coefficient (Wildman–Crippen LogP) is 0.351. The summed E-state index contributed by atoms with van der Waals surface area (Å²) < 4.78 is 4.95. The average Bonchev–Trinajstić information content (AvgIpc) is 2.85. The molecule has 3 heteroatoms. The molecule has 1 saturated carbocycles. The standard InChI is InChI=1S/C9H20N2O/c1-12-6-2-5-11-8-9(7-10)3-4-9/h11H,2-8,10H2,1H3. The molecule has 0 aromatic heterocycles. The van der Waals surface area contributed by atoms with E-state index in [-0.39, 0.29) is 0 Å². The molecule has 0 bridgehead atoms. The van der Waals surface area contributed by atoms with Gasteiger partial charge in [-0.15, -0.1) is 0 Å². The van der Waals surface area contributed by atoms with E-state index in [1.807, 2.05) is 0 Å². The van der Waals surface area contributed by atoms with E-state index in [1.165, 1.54) is 12.8 Å². The number of methoxy groups -OCH3 is 1. The van der Waals surface area contributed by atoms with Gasteiger partial charge in [0.25, 0.3) is 0 Å². The molecule has 0 atom stereocenters. The van der Waals surface area contributed by atoms with Crippen molar-refractivity contribution in [2.45, 2.75) is 19.3 Å². The van der Waals surface area contributed by atoms with Gasteiger partial charge in [0.1, 0.15) is 0 Å². The van der Waals surface area contributed by atoms with E-state index in [9.17, 15) is 0 Å². The maximum Gasteiger partial charge on any atom is 0.0474 e. The van der Waals surface area contributed by atoms with E-state index in [0.717, 1.165) is 32.7 Å². The third-order valence-corrected chi connectivity index (χ3v) is 2.59. The molecule has 0 aromatic carbocycles. The van der Waals surface area contributed by atoms with Gasteiger partial charge in [-0.1, -0.05) is 0 Å². The van der Waals surface area contributed by atoms with E-state index in [1.54, 1.807) is 7.11 Å². The van der Waals surface area contributed by atoms with E-state index >= 15 is 0 Å². The van der Waals surface area contributed by atoms with Crippen molar-refractivity contribution in [3.63, 3.8) is 0 Å². The van der Waals surface area contributed by atoms with Gasteiger partial charge in [0.15, 0.2) is 0 Å². The second kappa shape index (κ2) is 4.80. The summed E-state index contributed by atoms with van der Waals surface area (Å²) in [6, 6.07) is 0. The van der Waals surface area contributed by atoms with Crippen LogP contribution in [-0.2, 0) is 4.74 Å². The van der Waals surface area contributed by atoms with Crippen LogP contribution >= 0.6 is 0 Å². The van der Waals surface area contributed by atoms with Crippen LogP contribution in [0.4, 0.5) is 0 Å². The van der Waals surface area contributed by atoms with Crippen LogP contribution in [-0.4, -0.2) is 33.4 Å². The molecule has 0 aliphatic heterocycles. The summed E-state index contributed by atoms with van der Waals surface area (Å²) in [7, 11) is 1.74. The van der Waals surface area contributed by atoms with E-state index in [0.29, 0.717) is 5.41 Å². The van der Waals surface area contributed by atoms with Gasteiger partial charge >= 0.3 is 0 Å². The first-order valence-electron chi connectivity index (χ1n) is 4.73. The van der Waals surface area contributed by atoms with Crippen molar-refractivity contribution in [3.8, 4) is 0 Å². The minimum absolute atomic E-state index is 0.465. The van der Waals surface area contributed by atoms with Crippen molar-refractivity contribution < 1.29 is 4.74 Å². The maximum atomic E-state index is 5.65. The number of hydrogen-bond acceptors (Lipinski definition) is 3. The highest BCUT2D eigenvalue weighted by Gasteiger charge is 2.40. The Morgan fingerprint density at radius 2 is 2.25 bits per heavy atom. The van der Waals surface area contributed by atoms with E-state index < -0.39 is 0 Å². The van der Waals surface area contributed by atoms with Gasteiger partial charge in [-0.25, -0.2) is 0 Å². The predicted molar refractivity (Wildman–Crippen MR) is 50.1 cm³/mol. The maximum absolute atomic E-state index is 5.65. The Kier molecular flexibility index (Phi) is 3.98. The Balaban J connectivity index is 1.89. The summed E-state index contributed by atoms with van der Waals surface area (Å²) in [5.41, 5.74) is 6.11. The molecule has 1 aliphatic rings. The minimum atomic E-state index is 0.465. The molecule has 0 aromatic rings. The summed E-state index contributed by atoms with van der Waals surface area (Å²) in [5.74, 6) is 0. The number of nitrogens with one attached hydrogen (secondary N) is 1. The molecule has 0 heterocycles. The highest BCUT2D eigenvalue weighted by atomic mass is 16.5. The monoisotopic (exact) mass is 172 g/mol. The first-order valence-corrected chi connectivity index (χ1v) is 4.73. The summed E-state index contributed by atoms with van der Waals surface area (Å²) in [5, 5.41) is 3.41. The summed E-state index contributed by atoms with van der Waals surface area (Å²) in [6.45, 7) is 3.83. The third-order valence-electron chi connectivity index (χ3n) is 2.59. The highest BCUT2D eigenvalue weighted by Crippen LogP contribution is 2.43. The van der Waals surface area contributed by atoms with Crippen LogP contribution in [0.25, 0.3) is 0 Å². The number of rotatable bonds is 7. The second-order valence-corrected chi connectivity index (χ2v) is 3.73. The van der Waals surface area contributed by atoms with Gasteiger partial charge in [-0.2, -0.15) is 0 Å². The van der Waals surface area contributed by atoms with Gasteiger partial charge in [-0.05, 0) is 37.8 Å². The van der Waals surface area contributed by atoms with Crippen LogP contribution < -0.4 is 11.1 Å². The lowest BCUT2D eigenvalue weighted by atomic mass is 10.1. The molecule has 0 radical (unpaired) electrons. The zero-order valence-corrected chi connectivity index (χ0v) is 7.94. The van der Waals surface area contributed by atoms with E-state index in [2.05, 4.69) is 5.32 Å². The molecule has 72 valence electrons. The Labute approximate surface area is 74.7 Å². The Hall–Kier alpha value is -0.120. The minimum Gasteiger partial charge on any atom is -0.385 e. The van der Waals surface area contributed by atoms with Crippen LogP contribution in [0, 0.1) is 5.41 Å². The Morgan fingerprint density at radius 1 is 1.50 bits per heavy atom. The normalized spacial score (nSPS) is 19.5. The van der Waals surface area contributed by atoms with Crippen molar-refractivity contribution >= 4 is 0 Å². The van der Waals surface area contributed by atoms with Gasteiger partial charge in [-0.3, -0.25) is 0 Å². The number of nitrogens with two attached hydrogens (primary N) is 1. The lowest BCUT2D eigenvalue weighted by Gasteiger charge is -2.12. The third kappa shape index (κ3) is 3.09. The van der Waals surface area contributed by atoms with Crippen molar-refractivity contribution in [1.82, 2.24) is 5.32 Å². The fourth-order valence-corrected chi connectivity index (χ4v) is 1.32. The largest absolute Gasteiger partial charge is 0.385 e. The van der Waals surface area contributed by atoms with Crippen molar-refractivity contribution in [1.29, 1.82) is 0 Å². The summed E-state index contributed by atoms with van der Waals surface area (Å²) in [4.78, 5) is 0. The molecule has 1 rings (SSSR count). The smallest absolute Gasteiger partial charge is 0.0474 e. The molecule has 0 spiro atoms. The molecule has 1 aliphatic carbocycles. The van der Waals surface area contributed by atoms with Crippen molar-refractivity contribution in [3.05, 3.63) is 0 Å². The SMILES string of the molecule is COCCCNCC1(CN)CC1. The number of ether oxygens (including phenoxy) is 1. The number of hydrogen-bond donors (Lipinski definition) is 2. The van der Waals surface area contributed by atoms with E-state index in [4.69, 9.17) is 10.5 Å². The van der Waals surface area contributed by atoms with Crippen LogP contribution in [0.5, 0.6) is 0 Å². The molecule has 1 fully saturated rings. The lowest BCUT2D eigenvalue weighted by molar-refractivity contribution is 0.193. The quantitative estimate of drug-likeness (QED) is 0.545.